The van der Waals surface area contributed by atoms with Gasteiger partial charge in [-0.1, -0.05) is 42.8 Å². The van der Waals surface area contributed by atoms with E-state index in [0.717, 1.165) is 15.0 Å². The van der Waals surface area contributed by atoms with E-state index in [-0.39, 0.29) is 6.73 Å². The van der Waals surface area contributed by atoms with E-state index in [1.54, 1.807) is 24.3 Å². The Morgan fingerprint density at radius 1 is 1.00 bits per heavy atom. The molecule has 0 spiro atoms. The minimum absolute atomic E-state index is 0.159. The Morgan fingerprint density at radius 3 is 2.28 bits per heavy atom. The highest BCUT2D eigenvalue weighted by Crippen LogP contribution is 2.31. The summed E-state index contributed by atoms with van der Waals surface area (Å²) < 4.78 is 18.4. The fourth-order valence-corrected chi connectivity index (χ4v) is 4.58. The third-order valence-electron chi connectivity index (χ3n) is 4.42. The Morgan fingerprint density at radius 2 is 1.62 bits per heavy atom. The summed E-state index contributed by atoms with van der Waals surface area (Å²) in [6.45, 7) is 7.64. The van der Waals surface area contributed by atoms with Crippen LogP contribution in [0.3, 0.4) is 0 Å². The molecular formula is C20H20Br2Cl2N2O5Si. The average Bonchev–Trinajstić information content (AvgIpc) is 3.25. The van der Waals surface area contributed by atoms with Crippen LogP contribution in [0.15, 0.2) is 51.6 Å². The topological polar surface area (TPSA) is 90.4 Å². The van der Waals surface area contributed by atoms with E-state index in [0.29, 0.717) is 38.9 Å². The van der Waals surface area contributed by atoms with Crippen molar-refractivity contribution in [2.45, 2.75) is 32.4 Å². The van der Waals surface area contributed by atoms with Crippen molar-refractivity contribution in [3.8, 4) is 0 Å². The van der Waals surface area contributed by atoms with Gasteiger partial charge in [-0.15, -0.1) is 0 Å². The van der Waals surface area contributed by atoms with Crippen LogP contribution < -0.4 is 11.5 Å². The van der Waals surface area contributed by atoms with Crippen LogP contribution in [0.2, 0.25) is 35.7 Å². The maximum absolute atomic E-state index is 11.8. The van der Waals surface area contributed by atoms with Crippen LogP contribution in [-0.2, 0) is 11.5 Å². The van der Waals surface area contributed by atoms with E-state index in [1.807, 2.05) is 0 Å². The van der Waals surface area contributed by atoms with Gasteiger partial charge in [0.25, 0.3) is 0 Å². The maximum Gasteiger partial charge on any atom is 0.421 e. The number of ether oxygens (including phenoxy) is 1. The summed E-state index contributed by atoms with van der Waals surface area (Å²) in [6, 6.07) is 7.91. The summed E-state index contributed by atoms with van der Waals surface area (Å²) in [6.07, 6.45) is 0. The zero-order valence-electron chi connectivity index (χ0n) is 17.4. The lowest BCUT2D eigenvalue weighted by molar-refractivity contribution is 0.0850. The predicted molar refractivity (Wildman–Crippen MR) is 137 cm³/mol. The van der Waals surface area contributed by atoms with Crippen LogP contribution in [-0.4, -0.2) is 24.2 Å². The predicted octanol–water partition coefficient (Wildman–Crippen LogP) is 6.86. The molecule has 12 heteroatoms. The summed E-state index contributed by atoms with van der Waals surface area (Å²) in [5.41, 5.74) is 2.03. The molecule has 4 rings (SSSR count). The molecular weight excluding hydrogens is 607 g/mol. The monoisotopic (exact) mass is 624 g/mol. The third kappa shape index (κ3) is 5.98. The second-order valence-electron chi connectivity index (χ2n) is 8.10. The Balaban J connectivity index is 0.000000204. The van der Waals surface area contributed by atoms with Crippen molar-refractivity contribution in [1.82, 2.24) is 9.55 Å². The SMILES string of the molecule is C[Si](C)(C)CCOCn1c(=O)oc2ccc(Br)c(Cl)c21.O=c1[nH]c2c(Cl)c(Br)ccc2o1. The van der Waals surface area contributed by atoms with Gasteiger partial charge in [-0.25, -0.2) is 14.2 Å². The lowest BCUT2D eigenvalue weighted by Gasteiger charge is -2.15. The zero-order valence-corrected chi connectivity index (χ0v) is 23.1. The number of H-pyrrole nitrogens is 1. The number of aromatic amines is 1. The molecule has 32 heavy (non-hydrogen) atoms. The number of nitrogens with one attached hydrogen (secondary N) is 1. The number of aromatic nitrogens is 2. The van der Waals surface area contributed by atoms with E-state index >= 15 is 0 Å². The first-order valence-corrected chi connectivity index (χ1v) is 15.5. The first-order chi connectivity index (χ1) is 15.0. The molecule has 4 aromatic rings. The quantitative estimate of drug-likeness (QED) is 0.193. The smallest absolute Gasteiger partial charge is 0.408 e. The van der Waals surface area contributed by atoms with E-state index < -0.39 is 19.6 Å². The molecule has 0 unspecified atom stereocenters. The summed E-state index contributed by atoms with van der Waals surface area (Å²) >= 11 is 18.7. The molecule has 0 saturated carbocycles. The summed E-state index contributed by atoms with van der Waals surface area (Å²) in [4.78, 5) is 25.1. The molecule has 172 valence electrons. The van der Waals surface area contributed by atoms with Crippen LogP contribution in [0.1, 0.15) is 0 Å². The zero-order chi connectivity index (χ0) is 23.6. The third-order valence-corrected chi connectivity index (χ3v) is 8.68. The van der Waals surface area contributed by atoms with Crippen molar-refractivity contribution < 1.29 is 13.6 Å². The van der Waals surface area contributed by atoms with Crippen molar-refractivity contribution >= 4 is 85.3 Å². The molecule has 1 N–H and O–H groups in total. The molecule has 0 aliphatic rings. The van der Waals surface area contributed by atoms with E-state index in [9.17, 15) is 9.59 Å². The Hall–Kier alpha value is -1.30. The van der Waals surface area contributed by atoms with Gasteiger partial charge in [-0.2, -0.15) is 0 Å². The standard InChI is InChI=1S/C13H17BrClNO3Si.C7H3BrClNO2/c1-20(2,3)7-6-18-8-16-12-10(19-13(16)17)5-4-9(14)11(12)15;8-3-1-2-4-6(5(3)9)10-7(11)12-4/h4-5H,6-8H2,1-3H3;1-2H,(H,10,11). The molecule has 2 aromatic heterocycles. The normalized spacial score (nSPS) is 11.7. The van der Waals surface area contributed by atoms with Gasteiger partial charge >= 0.3 is 11.5 Å². The molecule has 2 heterocycles. The number of halogens is 4. The van der Waals surface area contributed by atoms with Gasteiger partial charge in [0.15, 0.2) is 11.2 Å². The van der Waals surface area contributed by atoms with Gasteiger partial charge < -0.3 is 13.6 Å². The van der Waals surface area contributed by atoms with Crippen LogP contribution in [0, 0.1) is 0 Å². The first-order valence-electron chi connectivity index (χ1n) is 9.50. The molecule has 2 aromatic carbocycles. The highest BCUT2D eigenvalue weighted by Gasteiger charge is 2.16. The molecule has 0 fully saturated rings. The van der Waals surface area contributed by atoms with Crippen molar-refractivity contribution in [3.05, 3.63) is 64.4 Å². The highest BCUT2D eigenvalue weighted by molar-refractivity contribution is 9.10. The Bertz CT molecular complexity index is 1370. The average molecular weight is 627 g/mol. The van der Waals surface area contributed by atoms with Gasteiger partial charge in [0, 0.05) is 23.6 Å². The van der Waals surface area contributed by atoms with E-state index in [2.05, 4.69) is 56.5 Å². The largest absolute Gasteiger partial charge is 0.421 e. The minimum Gasteiger partial charge on any atom is -0.408 e. The fraction of sp³-hybridized carbons (Fsp3) is 0.300. The second-order valence-corrected chi connectivity index (χ2v) is 16.2. The summed E-state index contributed by atoms with van der Waals surface area (Å²) in [5, 5.41) is 0.917. The van der Waals surface area contributed by atoms with Crippen LogP contribution in [0.4, 0.5) is 0 Å². The van der Waals surface area contributed by atoms with Crippen LogP contribution in [0.5, 0.6) is 0 Å². The Labute approximate surface area is 210 Å². The highest BCUT2D eigenvalue weighted by atomic mass is 79.9. The van der Waals surface area contributed by atoms with Gasteiger partial charge in [-0.05, 0) is 62.2 Å². The van der Waals surface area contributed by atoms with Crippen molar-refractivity contribution in [3.63, 3.8) is 0 Å². The first kappa shape index (κ1) is 25.3. The van der Waals surface area contributed by atoms with Gasteiger partial charge in [-0.3, -0.25) is 4.98 Å². The lowest BCUT2D eigenvalue weighted by atomic mass is 10.3. The second kappa shape index (κ2) is 10.3. The number of hydrogen-bond acceptors (Lipinski definition) is 5. The number of nitrogens with zero attached hydrogens (tertiary/aromatic N) is 1. The molecule has 0 amide bonds. The molecule has 7 nitrogen and oxygen atoms in total. The number of rotatable bonds is 5. The molecule has 0 saturated heterocycles. The van der Waals surface area contributed by atoms with Gasteiger partial charge in [0.05, 0.1) is 10.0 Å². The molecule has 0 bridgehead atoms. The van der Waals surface area contributed by atoms with E-state index in [4.69, 9.17) is 36.8 Å². The van der Waals surface area contributed by atoms with Crippen molar-refractivity contribution in [2.75, 3.05) is 6.61 Å². The lowest BCUT2D eigenvalue weighted by Crippen LogP contribution is -2.23. The summed E-state index contributed by atoms with van der Waals surface area (Å²) in [7, 11) is -1.14. The Kier molecular flexibility index (Phi) is 8.16. The molecule has 0 radical (unpaired) electrons. The number of oxazole rings is 2. The fourth-order valence-electron chi connectivity index (χ4n) is 2.71. The maximum atomic E-state index is 11.8. The molecule has 0 aliphatic heterocycles. The van der Waals surface area contributed by atoms with Crippen LogP contribution >= 0.6 is 55.1 Å². The minimum atomic E-state index is -1.14. The number of fused-ring (bicyclic) bond motifs is 2. The van der Waals surface area contributed by atoms with Gasteiger partial charge in [0.1, 0.15) is 17.8 Å². The van der Waals surface area contributed by atoms with Gasteiger partial charge in [0.2, 0.25) is 0 Å². The van der Waals surface area contributed by atoms with Crippen molar-refractivity contribution in [1.29, 1.82) is 0 Å². The number of benzene rings is 2. The van der Waals surface area contributed by atoms with Crippen molar-refractivity contribution in [2.24, 2.45) is 0 Å². The molecule has 0 atom stereocenters. The van der Waals surface area contributed by atoms with Crippen LogP contribution in [0.25, 0.3) is 22.2 Å². The summed E-state index contributed by atoms with van der Waals surface area (Å²) in [5.74, 6) is -0.946. The molecule has 0 aliphatic carbocycles. The van der Waals surface area contributed by atoms with E-state index in [1.165, 1.54) is 4.57 Å². The number of hydrogen-bond donors (Lipinski definition) is 1.